The lowest BCUT2D eigenvalue weighted by atomic mass is 9.84. The largest absolute Gasteiger partial charge is 0.0683 e. The Morgan fingerprint density at radius 2 is 0.406 bits per heavy atom. The molecule has 0 aliphatic heterocycles. The Morgan fingerprint density at radius 3 is 0.870 bits per heavy atom. The van der Waals surface area contributed by atoms with Crippen LogP contribution in [0.1, 0.15) is 372 Å². The van der Waals surface area contributed by atoms with Crippen LogP contribution in [0.15, 0.2) is 218 Å². The smallest absolute Gasteiger partial charge is 0.000718 e. The number of fused-ring (bicyclic) bond motifs is 28. The van der Waals surface area contributed by atoms with Gasteiger partial charge in [0.25, 0.3) is 0 Å². The average Bonchev–Trinajstić information content (AvgIpc) is 1.57. The monoisotopic (exact) mass is 1840 g/mol. The van der Waals surface area contributed by atoms with E-state index in [9.17, 15) is 0 Å². The van der Waals surface area contributed by atoms with E-state index in [4.69, 9.17) is 0 Å². The van der Waals surface area contributed by atoms with Gasteiger partial charge in [0.15, 0.2) is 0 Å². The third kappa shape index (κ3) is 24.4. The zero-order valence-corrected chi connectivity index (χ0v) is 93.5. The lowest BCUT2D eigenvalue weighted by molar-refractivity contribution is 0.681. The second kappa shape index (κ2) is 56.4. The molecule has 0 heterocycles. The number of benzene rings is 15. The Hall–Kier alpha value is -10.9. The normalized spacial score (nSPS) is 12.3. The topological polar surface area (TPSA) is 0 Å². The van der Waals surface area contributed by atoms with Crippen LogP contribution in [0.4, 0.5) is 0 Å². The summed E-state index contributed by atoms with van der Waals surface area (Å²) in [6.45, 7) is 74.9. The fourth-order valence-electron chi connectivity index (χ4n) is 21.6. The van der Waals surface area contributed by atoms with Crippen LogP contribution in [0.2, 0.25) is 0 Å². The van der Waals surface area contributed by atoms with Crippen molar-refractivity contribution in [3.63, 3.8) is 0 Å². The van der Waals surface area contributed by atoms with Crippen molar-refractivity contribution in [2.75, 3.05) is 0 Å². The highest BCUT2D eigenvalue weighted by atomic mass is 14.4. The number of rotatable bonds is 0. The maximum Gasteiger partial charge on any atom is -0.000718 e. The van der Waals surface area contributed by atoms with Crippen molar-refractivity contribution in [3.05, 3.63) is 385 Å². The minimum atomic E-state index is 1.08. The van der Waals surface area contributed by atoms with Crippen molar-refractivity contribution in [1.29, 1.82) is 0 Å². The van der Waals surface area contributed by atoms with Crippen LogP contribution in [-0.4, -0.2) is 0 Å². The van der Waals surface area contributed by atoms with E-state index in [1.165, 1.54) is 282 Å². The molecule has 24 rings (SSSR count). The minimum Gasteiger partial charge on any atom is -0.0683 e. The first-order valence-electron chi connectivity index (χ1n) is 55.0. The minimum absolute atomic E-state index is 1.08. The Kier molecular flexibility index (Phi) is 46.6. The predicted octanol–water partition coefficient (Wildman–Crippen LogP) is 41.7. The maximum atomic E-state index is 2.50. The molecule has 0 spiro atoms. The van der Waals surface area contributed by atoms with E-state index in [2.05, 4.69) is 301 Å². The summed E-state index contributed by atoms with van der Waals surface area (Å²) in [7, 11) is 0. The number of hydrogen-bond donors (Lipinski definition) is 0. The third-order valence-electron chi connectivity index (χ3n) is 28.6. The van der Waals surface area contributed by atoms with Gasteiger partial charge < -0.3 is 0 Å². The summed E-state index contributed by atoms with van der Waals surface area (Å²) >= 11 is 0. The Bertz CT molecular complexity index is 6430. The van der Waals surface area contributed by atoms with Crippen LogP contribution in [0.25, 0.3) is 99.1 Å². The van der Waals surface area contributed by atoms with Gasteiger partial charge in [0, 0.05) is 0 Å². The molecule has 0 nitrogen and oxygen atoms in total. The molecule has 732 valence electrons. The van der Waals surface area contributed by atoms with Crippen molar-refractivity contribution in [1.82, 2.24) is 0 Å². The first-order chi connectivity index (χ1) is 67.5. The predicted molar refractivity (Wildman–Crippen MR) is 624 cm³/mol. The van der Waals surface area contributed by atoms with Gasteiger partial charge >= 0.3 is 0 Å². The summed E-state index contributed by atoms with van der Waals surface area (Å²) in [6.07, 6.45) is 22.6. The molecule has 0 fully saturated rings. The lowest BCUT2D eigenvalue weighted by Gasteiger charge is -2.20. The molecule has 0 radical (unpaired) electrons. The maximum absolute atomic E-state index is 2.50. The van der Waals surface area contributed by atoms with Gasteiger partial charge in [0.05, 0.1) is 0 Å². The van der Waals surface area contributed by atoms with Crippen molar-refractivity contribution in [2.24, 2.45) is 0 Å². The van der Waals surface area contributed by atoms with Crippen LogP contribution in [0.5, 0.6) is 0 Å². The van der Waals surface area contributed by atoms with E-state index in [1.54, 1.807) is 61.2 Å². The quantitative estimate of drug-likeness (QED) is 0.142. The molecule has 0 N–H and O–H groups in total. The van der Waals surface area contributed by atoms with Gasteiger partial charge in [-0.3, -0.25) is 0 Å². The second-order valence-corrected chi connectivity index (χ2v) is 35.2. The summed E-state index contributed by atoms with van der Waals surface area (Å²) in [4.78, 5) is 0. The van der Waals surface area contributed by atoms with Gasteiger partial charge in [0.1, 0.15) is 0 Å². The molecule has 15 aromatic rings. The van der Waals surface area contributed by atoms with Gasteiger partial charge in [-0.1, -0.05) is 378 Å². The molecular formula is C138H180. The summed E-state index contributed by atoms with van der Waals surface area (Å²) in [6, 6.07) is 82.0. The summed E-state index contributed by atoms with van der Waals surface area (Å²) in [5.41, 5.74) is 63.3. The van der Waals surface area contributed by atoms with Crippen molar-refractivity contribution >= 4 is 32.3 Å². The van der Waals surface area contributed by atoms with E-state index >= 15 is 0 Å². The standard InChI is InChI=1S/C19H20.C19H16.C19H20.C19H16.C19H20.C19H16.12C2H6/c2*1-12-7-8-16-10-17-9-14-5-3-4-6-15(14)11-18(17)19(16)13(12)2;2*1-12-7-8-15-11-16-10-9-14-5-3-4-6-17(14)19(16)18(15)13(12)2;2*1-12-7-8-15-11-18-16-6-4-3-5-14(16)9-10-17(18)19(15)13(12)2;12*1-2/h7-9,11H,3-6,10H2,1-2H3;3-9,11H,10H2,1-2H3;7-10H,3-6,11H2,1-2H3;3-10H,11H2,1-2H3;7-10H,3-6,11H2,1-2H3;3-10H,11H2,1-2H3;12*1-2H3. The SMILES string of the molecule is CC.CC.CC.CC.CC.CC.CC.CC.CC.CC.CC.CC.Cc1ccc2c(c1C)-c1c(ccc3c1CCCC3)C2.Cc1ccc2c(c1C)-c1c(ccc3ccccc13)C2.Cc1ccc2c(c1C)-c1cc3c(cc1C2)CCCC3.Cc1ccc2c(c1C)-c1cc3ccccc3cc1C2.Cc1ccc2c(c1C)-c1ccc3c(c1C2)CCCC3.Cc1ccc2c(c1C)-c1ccc3ccccc3c1C2. The fourth-order valence-corrected chi connectivity index (χ4v) is 21.6. The average molecular weight is 1840 g/mol. The van der Waals surface area contributed by atoms with E-state index in [0.717, 1.165) is 38.5 Å². The molecule has 138 heavy (non-hydrogen) atoms. The molecule has 0 saturated carbocycles. The van der Waals surface area contributed by atoms with Gasteiger partial charge in [-0.15, -0.1) is 0 Å². The van der Waals surface area contributed by atoms with E-state index < -0.39 is 0 Å². The molecule has 0 aromatic heterocycles. The van der Waals surface area contributed by atoms with Crippen LogP contribution in [0.3, 0.4) is 0 Å². The number of aryl methyl sites for hydroxylation is 10. The zero-order chi connectivity index (χ0) is 102. The van der Waals surface area contributed by atoms with E-state index in [1.807, 2.05) is 166 Å². The molecule has 15 aromatic carbocycles. The highest BCUT2D eigenvalue weighted by molar-refractivity contribution is 6.03. The zero-order valence-electron chi connectivity index (χ0n) is 93.5. The second-order valence-electron chi connectivity index (χ2n) is 35.2. The first kappa shape index (κ1) is 114. The van der Waals surface area contributed by atoms with Gasteiger partial charge in [0.2, 0.25) is 0 Å². The Balaban J connectivity index is 0.000000216. The fraction of sp³-hybridized carbons (Fsp3) is 0.391. The third-order valence-corrected chi connectivity index (χ3v) is 28.6. The van der Waals surface area contributed by atoms with Crippen LogP contribution < -0.4 is 0 Å². The molecule has 0 saturated heterocycles. The Morgan fingerprint density at radius 1 is 0.145 bits per heavy atom. The summed E-state index contributed by atoms with van der Waals surface area (Å²) in [5, 5.41) is 8.19. The molecule has 0 atom stereocenters. The van der Waals surface area contributed by atoms with Crippen molar-refractivity contribution < 1.29 is 0 Å². The highest BCUT2D eigenvalue weighted by Gasteiger charge is 2.31. The van der Waals surface area contributed by atoms with Crippen molar-refractivity contribution in [3.8, 4) is 66.8 Å². The highest BCUT2D eigenvalue weighted by Crippen LogP contribution is 2.50. The lowest BCUT2D eigenvalue weighted by Crippen LogP contribution is -2.05. The van der Waals surface area contributed by atoms with Gasteiger partial charge in [-0.2, -0.15) is 0 Å². The molecule has 0 bridgehead atoms. The van der Waals surface area contributed by atoms with Crippen molar-refractivity contribution in [2.45, 2.75) is 365 Å². The van der Waals surface area contributed by atoms with E-state index in [0.29, 0.717) is 0 Å². The molecule has 0 amide bonds. The van der Waals surface area contributed by atoms with E-state index in [-0.39, 0.29) is 0 Å². The first-order valence-corrected chi connectivity index (χ1v) is 55.0. The molecule has 0 heteroatoms. The van der Waals surface area contributed by atoms with Crippen LogP contribution in [-0.2, 0) is 77.0 Å². The molecule has 0 unspecified atom stereocenters. The Labute approximate surface area is 843 Å². The summed E-state index contributed by atoms with van der Waals surface area (Å²) in [5.74, 6) is 0. The molecule has 9 aliphatic carbocycles. The molecular weight excluding hydrogens is 1660 g/mol. The van der Waals surface area contributed by atoms with Crippen LogP contribution in [0, 0.1) is 83.1 Å². The molecule has 9 aliphatic rings. The number of hydrogen-bond acceptors (Lipinski definition) is 0. The summed E-state index contributed by atoms with van der Waals surface area (Å²) < 4.78 is 0. The van der Waals surface area contributed by atoms with Gasteiger partial charge in [-0.05, 0) is 471 Å². The van der Waals surface area contributed by atoms with Gasteiger partial charge in [-0.25, -0.2) is 0 Å². The van der Waals surface area contributed by atoms with Crippen LogP contribution >= 0.6 is 0 Å².